The number of hydrogen-bond acceptors (Lipinski definition) is 3. The van der Waals surface area contributed by atoms with Gasteiger partial charge in [-0.15, -0.1) is 0 Å². The molecule has 1 heterocycles. The van der Waals surface area contributed by atoms with Gasteiger partial charge in [0.15, 0.2) is 0 Å². The zero-order valence-corrected chi connectivity index (χ0v) is 11.7. The zero-order chi connectivity index (χ0) is 13.5. The highest BCUT2D eigenvalue weighted by atomic mass is 35.5. The first-order valence-corrected chi connectivity index (χ1v) is 6.72. The van der Waals surface area contributed by atoms with Crippen LogP contribution in [0.3, 0.4) is 0 Å². The maximum Gasteiger partial charge on any atom is 0.138 e. The Labute approximate surface area is 118 Å². The van der Waals surface area contributed by atoms with Crippen LogP contribution in [0, 0.1) is 0 Å². The van der Waals surface area contributed by atoms with Gasteiger partial charge in [0.2, 0.25) is 0 Å². The Bertz CT molecular complexity index is 517. The van der Waals surface area contributed by atoms with Gasteiger partial charge in [-0.2, -0.15) is 0 Å². The van der Waals surface area contributed by atoms with Crippen LogP contribution in [0.4, 0.5) is 5.69 Å². The SMILES string of the molecule is CCCOc1ccc(NCc2cccnc2)cc1Cl. The summed E-state index contributed by atoms with van der Waals surface area (Å²) in [5.74, 6) is 0.732. The van der Waals surface area contributed by atoms with Crippen LogP contribution in [0.5, 0.6) is 5.75 Å². The fourth-order valence-corrected chi connectivity index (χ4v) is 1.88. The fourth-order valence-electron chi connectivity index (χ4n) is 1.65. The van der Waals surface area contributed by atoms with Gasteiger partial charge in [-0.3, -0.25) is 4.98 Å². The predicted molar refractivity (Wildman–Crippen MR) is 78.8 cm³/mol. The van der Waals surface area contributed by atoms with E-state index in [0.717, 1.165) is 30.0 Å². The van der Waals surface area contributed by atoms with E-state index in [9.17, 15) is 0 Å². The largest absolute Gasteiger partial charge is 0.492 e. The van der Waals surface area contributed by atoms with Crippen molar-refractivity contribution >= 4 is 17.3 Å². The summed E-state index contributed by atoms with van der Waals surface area (Å²) in [4.78, 5) is 4.08. The molecule has 0 spiro atoms. The van der Waals surface area contributed by atoms with Gasteiger partial charge in [-0.25, -0.2) is 0 Å². The molecule has 0 unspecified atom stereocenters. The number of rotatable bonds is 6. The molecule has 0 saturated carbocycles. The third-order valence-electron chi connectivity index (χ3n) is 2.61. The van der Waals surface area contributed by atoms with Gasteiger partial charge in [0.05, 0.1) is 11.6 Å². The van der Waals surface area contributed by atoms with Crippen molar-refractivity contribution in [3.8, 4) is 5.75 Å². The van der Waals surface area contributed by atoms with Crippen LogP contribution in [0.15, 0.2) is 42.7 Å². The monoisotopic (exact) mass is 276 g/mol. The lowest BCUT2D eigenvalue weighted by molar-refractivity contribution is 0.317. The molecule has 1 aromatic carbocycles. The van der Waals surface area contributed by atoms with Gasteiger partial charge in [0.1, 0.15) is 5.75 Å². The molecule has 0 amide bonds. The van der Waals surface area contributed by atoms with Crippen LogP contribution >= 0.6 is 11.6 Å². The average Bonchev–Trinajstić information content (AvgIpc) is 2.45. The number of benzene rings is 1. The standard InChI is InChI=1S/C15H17ClN2O/c1-2-8-19-15-6-5-13(9-14(15)16)18-11-12-4-3-7-17-10-12/h3-7,9-10,18H,2,8,11H2,1H3. The molecule has 3 nitrogen and oxygen atoms in total. The quantitative estimate of drug-likeness (QED) is 0.861. The zero-order valence-electron chi connectivity index (χ0n) is 10.9. The normalized spacial score (nSPS) is 10.2. The summed E-state index contributed by atoms with van der Waals surface area (Å²) in [6, 6.07) is 9.69. The van der Waals surface area contributed by atoms with Crippen LogP contribution < -0.4 is 10.1 Å². The third-order valence-corrected chi connectivity index (χ3v) is 2.91. The highest BCUT2D eigenvalue weighted by Crippen LogP contribution is 2.27. The molecule has 0 atom stereocenters. The molecule has 100 valence electrons. The molecule has 0 saturated heterocycles. The van der Waals surface area contributed by atoms with E-state index in [0.29, 0.717) is 11.6 Å². The molecule has 0 fully saturated rings. The van der Waals surface area contributed by atoms with Crippen molar-refractivity contribution in [2.45, 2.75) is 19.9 Å². The highest BCUT2D eigenvalue weighted by molar-refractivity contribution is 6.32. The number of nitrogens with zero attached hydrogens (tertiary/aromatic N) is 1. The Balaban J connectivity index is 1.96. The summed E-state index contributed by atoms with van der Waals surface area (Å²) < 4.78 is 5.53. The molecule has 1 N–H and O–H groups in total. The minimum absolute atomic E-state index is 0.629. The number of aromatic nitrogens is 1. The maximum atomic E-state index is 6.17. The van der Waals surface area contributed by atoms with Crippen molar-refractivity contribution in [2.75, 3.05) is 11.9 Å². The third kappa shape index (κ3) is 4.14. The minimum atomic E-state index is 0.629. The summed E-state index contributed by atoms with van der Waals surface area (Å²) in [5.41, 5.74) is 2.10. The second-order valence-electron chi connectivity index (χ2n) is 4.21. The van der Waals surface area contributed by atoms with E-state index in [-0.39, 0.29) is 0 Å². The molecular weight excluding hydrogens is 260 g/mol. The first-order valence-electron chi connectivity index (χ1n) is 6.34. The van der Waals surface area contributed by atoms with Gasteiger partial charge in [-0.05, 0) is 36.2 Å². The van der Waals surface area contributed by atoms with Crippen LogP contribution in [0.2, 0.25) is 5.02 Å². The molecule has 1 aromatic heterocycles. The van der Waals surface area contributed by atoms with Gasteiger partial charge in [0.25, 0.3) is 0 Å². The van der Waals surface area contributed by atoms with Crippen LogP contribution in [-0.2, 0) is 6.54 Å². The van der Waals surface area contributed by atoms with Crippen LogP contribution in [0.25, 0.3) is 0 Å². The number of anilines is 1. The summed E-state index contributed by atoms with van der Waals surface area (Å²) in [6.45, 7) is 3.47. The molecule has 2 rings (SSSR count). The van der Waals surface area contributed by atoms with Crippen molar-refractivity contribution < 1.29 is 4.74 Å². The van der Waals surface area contributed by atoms with Crippen molar-refractivity contribution in [3.05, 3.63) is 53.3 Å². The van der Waals surface area contributed by atoms with Gasteiger partial charge < -0.3 is 10.1 Å². The average molecular weight is 277 g/mol. The topological polar surface area (TPSA) is 34.1 Å². The Hall–Kier alpha value is -1.74. The van der Waals surface area contributed by atoms with E-state index in [1.807, 2.05) is 36.5 Å². The first kappa shape index (κ1) is 13.7. The lowest BCUT2D eigenvalue weighted by atomic mass is 10.2. The minimum Gasteiger partial charge on any atom is -0.492 e. The van der Waals surface area contributed by atoms with Gasteiger partial charge >= 0.3 is 0 Å². The smallest absolute Gasteiger partial charge is 0.138 e. The molecule has 2 aromatic rings. The lowest BCUT2D eigenvalue weighted by Crippen LogP contribution is -2.00. The highest BCUT2D eigenvalue weighted by Gasteiger charge is 2.02. The second-order valence-corrected chi connectivity index (χ2v) is 4.62. The van der Waals surface area contributed by atoms with Crippen molar-refractivity contribution in [1.82, 2.24) is 4.98 Å². The van der Waals surface area contributed by atoms with Crippen LogP contribution in [-0.4, -0.2) is 11.6 Å². The molecule has 0 aliphatic rings. The Morgan fingerprint density at radius 1 is 1.32 bits per heavy atom. The molecule has 0 bridgehead atoms. The molecule has 0 aliphatic carbocycles. The lowest BCUT2D eigenvalue weighted by Gasteiger charge is -2.10. The summed E-state index contributed by atoms with van der Waals surface area (Å²) >= 11 is 6.17. The molecule has 19 heavy (non-hydrogen) atoms. The van der Waals surface area contributed by atoms with Gasteiger partial charge in [0, 0.05) is 24.6 Å². The number of ether oxygens (including phenoxy) is 1. The summed E-state index contributed by atoms with van der Waals surface area (Å²) in [5, 5.41) is 3.93. The molecule has 4 heteroatoms. The van der Waals surface area contributed by atoms with E-state index in [1.54, 1.807) is 6.20 Å². The maximum absolute atomic E-state index is 6.17. The van der Waals surface area contributed by atoms with E-state index in [4.69, 9.17) is 16.3 Å². The van der Waals surface area contributed by atoms with Crippen LogP contribution in [0.1, 0.15) is 18.9 Å². The Kier molecular flexibility index (Phi) is 5.04. The van der Waals surface area contributed by atoms with E-state index < -0.39 is 0 Å². The van der Waals surface area contributed by atoms with Gasteiger partial charge in [-0.1, -0.05) is 24.6 Å². The Morgan fingerprint density at radius 2 is 2.21 bits per heavy atom. The van der Waals surface area contributed by atoms with E-state index in [2.05, 4.69) is 17.2 Å². The number of halogens is 1. The summed E-state index contributed by atoms with van der Waals surface area (Å²) in [7, 11) is 0. The van der Waals surface area contributed by atoms with Crippen molar-refractivity contribution in [1.29, 1.82) is 0 Å². The van der Waals surface area contributed by atoms with Crippen molar-refractivity contribution in [2.24, 2.45) is 0 Å². The summed E-state index contributed by atoms with van der Waals surface area (Å²) in [6.07, 6.45) is 4.57. The van der Waals surface area contributed by atoms with E-state index >= 15 is 0 Å². The van der Waals surface area contributed by atoms with Crippen molar-refractivity contribution in [3.63, 3.8) is 0 Å². The number of pyridine rings is 1. The van der Waals surface area contributed by atoms with E-state index in [1.165, 1.54) is 0 Å². The number of nitrogens with one attached hydrogen (secondary N) is 1. The predicted octanol–water partition coefficient (Wildman–Crippen LogP) is 4.14. The molecule has 0 aliphatic heterocycles. The Morgan fingerprint density at radius 3 is 2.89 bits per heavy atom. The fraction of sp³-hybridized carbons (Fsp3) is 0.267. The first-order chi connectivity index (χ1) is 9.29. The molecule has 0 radical (unpaired) electrons. The second kappa shape index (κ2) is 7.00. The molecular formula is C15H17ClN2O. The number of hydrogen-bond donors (Lipinski definition) is 1.